The van der Waals surface area contributed by atoms with Crippen LogP contribution in [0, 0.1) is 5.92 Å². The Bertz CT molecular complexity index is 2210. The lowest BCUT2D eigenvalue weighted by Gasteiger charge is -2.41. The maximum atomic E-state index is 15.6. The third-order valence-corrected chi connectivity index (χ3v) is 11.2. The summed E-state index contributed by atoms with van der Waals surface area (Å²) >= 11 is 7.34. The summed E-state index contributed by atoms with van der Waals surface area (Å²) in [7, 11) is 3.34. The molecule has 0 spiro atoms. The van der Waals surface area contributed by atoms with Crippen molar-refractivity contribution < 1.29 is 47.7 Å². The van der Waals surface area contributed by atoms with Gasteiger partial charge in [-0.15, -0.1) is 0 Å². The fourth-order valence-electron chi connectivity index (χ4n) is 6.72. The molecule has 4 aromatic carbocycles. The third-order valence-electron chi connectivity index (χ3n) is 9.20. The van der Waals surface area contributed by atoms with Crippen molar-refractivity contribution >= 4 is 64.5 Å². The lowest BCUT2D eigenvalue weighted by molar-refractivity contribution is -0.193. The van der Waals surface area contributed by atoms with Crippen LogP contribution in [0.25, 0.3) is 0 Å². The molecule has 5 atom stereocenters. The van der Waals surface area contributed by atoms with Gasteiger partial charge >= 0.3 is 23.9 Å². The summed E-state index contributed by atoms with van der Waals surface area (Å²) in [6.07, 6.45) is -4.89. The van der Waals surface area contributed by atoms with Gasteiger partial charge in [0.05, 0.1) is 23.7 Å². The van der Waals surface area contributed by atoms with Crippen molar-refractivity contribution in [3.8, 4) is 5.75 Å². The average Bonchev–Trinajstić information content (AvgIpc) is 3.57. The second-order valence-corrected chi connectivity index (χ2v) is 15.3. The van der Waals surface area contributed by atoms with Crippen molar-refractivity contribution in [1.29, 1.82) is 0 Å². The van der Waals surface area contributed by atoms with Crippen LogP contribution in [0.5, 0.6) is 5.75 Å². The second-order valence-electron chi connectivity index (χ2n) is 13.7. The number of hydrogen-bond acceptors (Lipinski definition) is 14. The summed E-state index contributed by atoms with van der Waals surface area (Å²) in [5.41, 5.74) is 2.31. The molecule has 1 aliphatic rings. The number of nitrogens with one attached hydrogen (secondary N) is 1. The van der Waals surface area contributed by atoms with Crippen LogP contribution in [-0.2, 0) is 54.2 Å². The molecule has 1 aliphatic heterocycles. The molecule has 0 saturated carbocycles. The average molecular weight is 857 g/mol. The minimum atomic E-state index is -1.81. The number of amides is 1. The zero-order valence-electron chi connectivity index (χ0n) is 33.8. The van der Waals surface area contributed by atoms with Gasteiger partial charge in [-0.25, -0.2) is 0 Å². The molecule has 314 valence electrons. The third kappa shape index (κ3) is 11.3. The Hall–Kier alpha value is -6.19. The molecule has 1 heterocycles. The van der Waals surface area contributed by atoms with Crippen LogP contribution in [0.1, 0.15) is 38.8 Å². The van der Waals surface area contributed by atoms with E-state index < -0.39 is 65.4 Å². The van der Waals surface area contributed by atoms with Gasteiger partial charge in [0.1, 0.15) is 22.8 Å². The molecule has 1 N–H and O–H groups in total. The van der Waals surface area contributed by atoms with Crippen molar-refractivity contribution in [2.45, 2.75) is 57.3 Å². The summed E-state index contributed by atoms with van der Waals surface area (Å²) in [5, 5.41) is 13.4. The van der Waals surface area contributed by atoms with Gasteiger partial charge in [0.2, 0.25) is 5.91 Å². The molecule has 0 saturated heterocycles. The quantitative estimate of drug-likeness (QED) is 0.0618. The maximum Gasteiger partial charge on any atom is 0.303 e. The lowest BCUT2D eigenvalue weighted by atomic mass is 9.76. The van der Waals surface area contributed by atoms with E-state index in [9.17, 15) is 19.2 Å². The first-order valence-electron chi connectivity index (χ1n) is 18.7. The Kier molecular flexibility index (Phi) is 15.5. The first kappa shape index (κ1) is 44.9. The Labute approximate surface area is 357 Å². The van der Waals surface area contributed by atoms with Gasteiger partial charge in [-0.2, -0.15) is 10.2 Å². The number of methoxy groups -OCH3 is 1. The summed E-state index contributed by atoms with van der Waals surface area (Å²) in [5.74, 6) is -4.65. The number of azo groups is 1. The minimum absolute atomic E-state index is 0.152. The SMILES string of the molecule is COc1ccc(NC(=O)[C@]2(c3ccccc3)SC(N(C)Cc3ccccc3)=C(N=Nc3ccc(Cl)cc3)[C@@H]2[C@@H](OC(C)=O)[C@H](OC(C)=O)[C@@H](COC(C)=O)OC(C)=O)cc1. The zero-order chi connectivity index (χ0) is 43.4. The molecular weight excluding hydrogens is 812 g/mol. The van der Waals surface area contributed by atoms with E-state index in [0.29, 0.717) is 39.3 Å². The van der Waals surface area contributed by atoms with E-state index in [1.807, 2.05) is 42.3 Å². The number of ether oxygens (including phenoxy) is 5. The van der Waals surface area contributed by atoms with E-state index in [1.165, 1.54) is 7.11 Å². The highest BCUT2D eigenvalue weighted by atomic mass is 35.5. The number of carbonyl (C=O) groups is 5. The molecule has 5 rings (SSSR count). The first-order valence-corrected chi connectivity index (χ1v) is 19.9. The van der Waals surface area contributed by atoms with Gasteiger partial charge in [0.25, 0.3) is 0 Å². The normalized spacial score (nSPS) is 17.6. The van der Waals surface area contributed by atoms with Gasteiger partial charge < -0.3 is 33.9 Å². The number of anilines is 1. The van der Waals surface area contributed by atoms with Crippen LogP contribution in [0.4, 0.5) is 11.4 Å². The van der Waals surface area contributed by atoms with Crippen LogP contribution in [0.15, 0.2) is 130 Å². The monoisotopic (exact) mass is 856 g/mol. The first-order chi connectivity index (χ1) is 28.7. The number of esters is 4. The van der Waals surface area contributed by atoms with E-state index in [2.05, 4.69) is 10.4 Å². The number of nitrogens with zero attached hydrogens (tertiary/aromatic N) is 3. The molecule has 0 bridgehead atoms. The smallest absolute Gasteiger partial charge is 0.303 e. The standard InChI is InChI=1S/C44H45ClN4O10S/c1-27(50)56-26-37(57-28(2)51)40(58-29(3)52)41(59-30(4)53)38-39(48-47-35-19-17-33(45)18-20-35)42(49(5)25-31-13-9-7-10-14-31)60-44(38,32-15-11-8-12-16-32)43(54)46-34-21-23-36(55-6)24-22-34/h7-24,37-38,40-41H,25-26H2,1-6H3,(H,46,54)/t37-,38-,40-,41-,44-/m1/s1. The summed E-state index contributed by atoms with van der Waals surface area (Å²) < 4.78 is 26.6. The van der Waals surface area contributed by atoms with E-state index in [0.717, 1.165) is 45.0 Å². The van der Waals surface area contributed by atoms with Gasteiger partial charge in [0, 0.05) is 52.0 Å². The second kappa shape index (κ2) is 20.7. The maximum absolute atomic E-state index is 15.6. The fourth-order valence-corrected chi connectivity index (χ4v) is 8.41. The molecule has 4 aromatic rings. The van der Waals surface area contributed by atoms with E-state index in [4.69, 9.17) is 40.4 Å². The van der Waals surface area contributed by atoms with Crippen molar-refractivity contribution in [1.82, 2.24) is 4.90 Å². The van der Waals surface area contributed by atoms with Gasteiger partial charge in [-0.1, -0.05) is 84.0 Å². The zero-order valence-corrected chi connectivity index (χ0v) is 35.4. The summed E-state index contributed by atoms with van der Waals surface area (Å²) in [6.45, 7) is 4.27. The van der Waals surface area contributed by atoms with Crippen molar-refractivity contribution in [2.75, 3.05) is 26.1 Å². The summed E-state index contributed by atoms with van der Waals surface area (Å²) in [4.78, 5) is 68.8. The fraction of sp³-hybridized carbons (Fsp3) is 0.295. The molecule has 0 aromatic heterocycles. The topological polar surface area (TPSA) is 171 Å². The predicted octanol–water partition coefficient (Wildman–Crippen LogP) is 7.99. The van der Waals surface area contributed by atoms with Crippen molar-refractivity contribution in [3.05, 3.63) is 136 Å². The predicted molar refractivity (Wildman–Crippen MR) is 225 cm³/mol. The van der Waals surface area contributed by atoms with Crippen LogP contribution in [0.2, 0.25) is 5.02 Å². The van der Waals surface area contributed by atoms with Gasteiger partial charge in [-0.05, 0) is 59.7 Å². The molecule has 0 aliphatic carbocycles. The largest absolute Gasteiger partial charge is 0.497 e. The Morgan fingerprint density at radius 3 is 1.93 bits per heavy atom. The van der Waals surface area contributed by atoms with Crippen LogP contribution in [0.3, 0.4) is 0 Å². The highest BCUT2D eigenvalue weighted by Gasteiger charge is 2.63. The molecule has 0 radical (unpaired) electrons. The molecule has 14 nitrogen and oxygen atoms in total. The number of hydrogen-bond donors (Lipinski definition) is 1. The Morgan fingerprint density at radius 2 is 1.37 bits per heavy atom. The molecule has 60 heavy (non-hydrogen) atoms. The van der Waals surface area contributed by atoms with Crippen molar-refractivity contribution in [2.24, 2.45) is 16.1 Å². The molecule has 16 heteroatoms. The van der Waals surface area contributed by atoms with E-state index >= 15 is 4.79 Å². The number of thioether (sulfide) groups is 1. The lowest BCUT2D eigenvalue weighted by Crippen LogP contribution is -2.56. The van der Waals surface area contributed by atoms with Crippen LogP contribution < -0.4 is 10.1 Å². The number of carbonyl (C=O) groups excluding carboxylic acids is 5. The number of benzene rings is 4. The van der Waals surface area contributed by atoms with Crippen molar-refractivity contribution in [3.63, 3.8) is 0 Å². The Balaban J connectivity index is 1.87. The highest BCUT2D eigenvalue weighted by molar-refractivity contribution is 8.04. The van der Waals surface area contributed by atoms with Gasteiger partial charge in [0.15, 0.2) is 18.3 Å². The van der Waals surface area contributed by atoms with Gasteiger partial charge in [-0.3, -0.25) is 24.0 Å². The minimum Gasteiger partial charge on any atom is -0.497 e. The number of halogens is 1. The summed E-state index contributed by atoms with van der Waals surface area (Å²) in [6, 6.07) is 31.7. The van der Waals surface area contributed by atoms with E-state index in [1.54, 1.807) is 78.9 Å². The Morgan fingerprint density at radius 1 is 0.767 bits per heavy atom. The van der Waals surface area contributed by atoms with E-state index in [-0.39, 0.29) is 5.70 Å². The van der Waals surface area contributed by atoms with Crippen LogP contribution in [-0.4, -0.2) is 73.8 Å². The highest BCUT2D eigenvalue weighted by Crippen LogP contribution is 2.60. The van der Waals surface area contributed by atoms with Crippen LogP contribution >= 0.6 is 23.4 Å². The molecule has 0 unspecified atom stereocenters. The number of rotatable bonds is 17. The molecule has 0 fully saturated rings. The molecular formula is C44H45ClN4O10S. The molecule has 1 amide bonds.